The maximum atomic E-state index is 13.7. The molecule has 0 aliphatic carbocycles. The standard InChI is InChI=1S/C23H35Cl2N6O7PS/c1-13(2)37-19(32)14(3)30-39(34,35-7-8-40-21(33)22(4,5)6)36-10-15-9-23(24,25)20(38-15)31-12-29-16-17(26)27-11-28-18(16)31/h11-15,20H,7-10H2,1-6H3,(H,30,34)(H2,26,27,28)/t14-,15+,20-,39?/m1/s1. The van der Waals surface area contributed by atoms with Crippen LogP contribution in [0.3, 0.4) is 0 Å². The molecular formula is C23H35Cl2N6O7PS. The molecule has 40 heavy (non-hydrogen) atoms. The Morgan fingerprint density at radius 2 is 1.98 bits per heavy atom. The summed E-state index contributed by atoms with van der Waals surface area (Å²) in [5.41, 5.74) is 6.07. The van der Waals surface area contributed by atoms with Gasteiger partial charge in [-0.05, 0) is 20.8 Å². The van der Waals surface area contributed by atoms with Crippen LogP contribution in [0.5, 0.6) is 0 Å². The van der Waals surface area contributed by atoms with Crippen LogP contribution in [0.1, 0.15) is 54.2 Å². The molecule has 0 radical (unpaired) electrons. The lowest BCUT2D eigenvalue weighted by molar-refractivity contribution is -0.149. The second-order valence-electron chi connectivity index (χ2n) is 10.5. The summed E-state index contributed by atoms with van der Waals surface area (Å²) in [5, 5.41) is 2.56. The molecule has 1 unspecified atom stereocenters. The van der Waals surface area contributed by atoms with Gasteiger partial charge in [-0.2, -0.15) is 0 Å². The van der Waals surface area contributed by atoms with Crippen LogP contribution >= 0.6 is 42.7 Å². The Bertz CT molecular complexity index is 1260. The van der Waals surface area contributed by atoms with Crippen molar-refractivity contribution in [2.45, 2.75) is 76.8 Å². The number of ether oxygens (including phenoxy) is 2. The van der Waals surface area contributed by atoms with Gasteiger partial charge >= 0.3 is 13.7 Å². The van der Waals surface area contributed by atoms with Crippen molar-refractivity contribution >= 4 is 70.8 Å². The topological polar surface area (TPSA) is 170 Å². The Hall–Kier alpha value is -1.51. The van der Waals surface area contributed by atoms with Gasteiger partial charge in [-0.25, -0.2) is 24.6 Å². The highest BCUT2D eigenvalue weighted by molar-refractivity contribution is 8.13. The van der Waals surface area contributed by atoms with Crippen LogP contribution in [0.15, 0.2) is 12.7 Å². The summed E-state index contributed by atoms with van der Waals surface area (Å²) in [6.07, 6.45) is 0.816. The van der Waals surface area contributed by atoms with Gasteiger partial charge in [0, 0.05) is 17.6 Å². The minimum atomic E-state index is -4.09. The third-order valence-corrected chi connectivity index (χ3v) is 9.14. The van der Waals surface area contributed by atoms with Gasteiger partial charge in [0.25, 0.3) is 0 Å². The Morgan fingerprint density at radius 1 is 1.27 bits per heavy atom. The number of thioether (sulfide) groups is 1. The van der Waals surface area contributed by atoms with E-state index in [9.17, 15) is 14.2 Å². The molecule has 0 bridgehead atoms. The molecule has 17 heteroatoms. The van der Waals surface area contributed by atoms with E-state index in [1.54, 1.807) is 34.6 Å². The zero-order valence-corrected chi connectivity index (χ0v) is 26.4. The van der Waals surface area contributed by atoms with Crippen LogP contribution in [0, 0.1) is 5.41 Å². The van der Waals surface area contributed by atoms with E-state index in [0.717, 1.165) is 11.8 Å². The monoisotopic (exact) mass is 640 g/mol. The van der Waals surface area contributed by atoms with E-state index in [4.69, 9.17) is 47.5 Å². The first-order valence-corrected chi connectivity index (χ1v) is 15.8. The largest absolute Gasteiger partial charge is 0.462 e. The number of carbonyl (C=O) groups is 2. The molecule has 2 aromatic heterocycles. The van der Waals surface area contributed by atoms with E-state index in [1.165, 1.54) is 24.1 Å². The number of nitrogen functional groups attached to an aromatic ring is 1. The predicted molar refractivity (Wildman–Crippen MR) is 153 cm³/mol. The minimum absolute atomic E-state index is 0.0429. The van der Waals surface area contributed by atoms with Crippen LogP contribution in [0.4, 0.5) is 5.82 Å². The van der Waals surface area contributed by atoms with Gasteiger partial charge in [0.05, 0.1) is 31.7 Å². The number of anilines is 1. The lowest BCUT2D eigenvalue weighted by Crippen LogP contribution is -2.36. The molecule has 3 heterocycles. The fourth-order valence-corrected chi connectivity index (χ4v) is 6.63. The smallest absolute Gasteiger partial charge is 0.406 e. The summed E-state index contributed by atoms with van der Waals surface area (Å²) in [5.74, 6) is -0.220. The second-order valence-corrected chi connectivity index (χ2v) is 14.9. The second kappa shape index (κ2) is 13.2. The number of alkyl halides is 2. The number of halogens is 2. The summed E-state index contributed by atoms with van der Waals surface area (Å²) >= 11 is 14.3. The van der Waals surface area contributed by atoms with Gasteiger partial charge in [-0.3, -0.25) is 23.2 Å². The van der Waals surface area contributed by atoms with Crippen molar-refractivity contribution in [3.8, 4) is 0 Å². The fraction of sp³-hybridized carbons (Fsp3) is 0.696. The number of hydrogen-bond donors (Lipinski definition) is 2. The summed E-state index contributed by atoms with van der Waals surface area (Å²) in [6, 6.07) is -1.02. The van der Waals surface area contributed by atoms with Gasteiger partial charge in [0.15, 0.2) is 27.1 Å². The first kappa shape index (κ1) is 33.0. The number of nitrogens with two attached hydrogens (primary N) is 1. The summed E-state index contributed by atoms with van der Waals surface area (Å²) in [7, 11) is -4.09. The SMILES string of the molecule is CC(C)OC(=O)[C@@H](C)NP(=O)(OCCSC(=O)C(C)(C)C)OC[C@@H]1CC(Cl)(Cl)[C@H](n2cnc3c(N)ncnc32)O1. The minimum Gasteiger partial charge on any atom is -0.462 e. The molecule has 224 valence electrons. The van der Waals surface area contributed by atoms with Gasteiger partial charge < -0.3 is 15.2 Å². The number of rotatable bonds is 12. The number of hydrogen-bond acceptors (Lipinski definition) is 12. The van der Waals surface area contributed by atoms with Crippen molar-refractivity contribution in [3.05, 3.63) is 12.7 Å². The first-order valence-electron chi connectivity index (χ1n) is 12.5. The Balaban J connectivity index is 1.69. The molecule has 1 aliphatic heterocycles. The molecule has 0 saturated carbocycles. The van der Waals surface area contributed by atoms with Crippen molar-refractivity contribution in [1.29, 1.82) is 0 Å². The zero-order valence-electron chi connectivity index (χ0n) is 23.1. The van der Waals surface area contributed by atoms with Crippen molar-refractivity contribution in [3.63, 3.8) is 0 Å². The lowest BCUT2D eigenvalue weighted by Gasteiger charge is -2.24. The molecule has 0 spiro atoms. The van der Waals surface area contributed by atoms with Gasteiger partial charge in [-0.15, -0.1) is 0 Å². The number of nitrogens with one attached hydrogen (secondary N) is 1. The van der Waals surface area contributed by atoms with E-state index >= 15 is 0 Å². The number of carbonyl (C=O) groups excluding carboxylic acids is 2. The van der Waals surface area contributed by atoms with E-state index in [0.29, 0.717) is 11.2 Å². The van der Waals surface area contributed by atoms with Crippen LogP contribution in [0.2, 0.25) is 0 Å². The fourth-order valence-electron chi connectivity index (χ4n) is 3.57. The van der Waals surface area contributed by atoms with Crippen LogP contribution < -0.4 is 10.8 Å². The highest BCUT2D eigenvalue weighted by Crippen LogP contribution is 2.50. The van der Waals surface area contributed by atoms with E-state index < -0.39 is 41.8 Å². The maximum Gasteiger partial charge on any atom is 0.406 e. The average molecular weight is 642 g/mol. The van der Waals surface area contributed by atoms with Crippen molar-refractivity contribution in [2.75, 3.05) is 24.7 Å². The molecule has 0 aromatic carbocycles. The first-order chi connectivity index (χ1) is 18.5. The maximum absolute atomic E-state index is 13.7. The van der Waals surface area contributed by atoms with Crippen molar-refractivity contribution in [1.82, 2.24) is 24.6 Å². The number of nitrogens with zero attached hydrogens (tertiary/aromatic N) is 4. The number of imidazole rings is 1. The third kappa shape index (κ3) is 8.51. The lowest BCUT2D eigenvalue weighted by atomic mass is 10.00. The summed E-state index contributed by atoms with van der Waals surface area (Å²) < 4.78 is 36.3. The molecule has 4 atom stereocenters. The molecule has 1 aliphatic rings. The number of aromatic nitrogens is 4. The highest BCUT2D eigenvalue weighted by atomic mass is 35.5. The van der Waals surface area contributed by atoms with Gasteiger partial charge in [0.2, 0.25) is 0 Å². The average Bonchev–Trinajstić information content (AvgIpc) is 3.40. The summed E-state index contributed by atoms with van der Waals surface area (Å²) in [4.78, 5) is 36.9. The molecule has 13 nitrogen and oxygen atoms in total. The molecule has 3 rings (SSSR count). The molecule has 0 amide bonds. The van der Waals surface area contributed by atoms with E-state index in [2.05, 4.69) is 20.0 Å². The Kier molecular flexibility index (Phi) is 10.9. The van der Waals surface area contributed by atoms with Gasteiger partial charge in [0.1, 0.15) is 17.9 Å². The molecule has 1 fully saturated rings. The zero-order chi connectivity index (χ0) is 29.9. The van der Waals surface area contributed by atoms with Crippen LogP contribution in [0.25, 0.3) is 11.2 Å². The summed E-state index contributed by atoms with van der Waals surface area (Å²) in [6.45, 7) is 9.95. The Labute approximate surface area is 247 Å². The third-order valence-electron chi connectivity index (χ3n) is 5.50. The quantitative estimate of drug-likeness (QED) is 0.146. The van der Waals surface area contributed by atoms with E-state index in [1.807, 2.05) is 0 Å². The molecule has 1 saturated heterocycles. The number of fused-ring (bicyclic) bond motifs is 1. The number of esters is 1. The Morgan fingerprint density at radius 3 is 2.62 bits per heavy atom. The highest BCUT2D eigenvalue weighted by Gasteiger charge is 2.49. The molecule has 2 aromatic rings. The molecule has 3 N–H and O–H groups in total. The normalized spacial score (nSPS) is 21.4. The van der Waals surface area contributed by atoms with Crippen LogP contribution in [-0.4, -0.2) is 72.2 Å². The van der Waals surface area contributed by atoms with E-state index in [-0.39, 0.29) is 42.4 Å². The predicted octanol–water partition coefficient (Wildman–Crippen LogP) is 4.25. The van der Waals surface area contributed by atoms with Crippen molar-refractivity contribution < 1.29 is 32.7 Å². The van der Waals surface area contributed by atoms with Crippen molar-refractivity contribution in [2.24, 2.45) is 5.41 Å². The van der Waals surface area contributed by atoms with Gasteiger partial charge in [-0.1, -0.05) is 55.7 Å². The van der Waals surface area contributed by atoms with Crippen LogP contribution in [-0.2, 0) is 32.7 Å². The molecular weight excluding hydrogens is 606 g/mol.